The number of nitrogens with one attached hydrogen (secondary N) is 1. The van der Waals surface area contributed by atoms with Crippen molar-refractivity contribution in [3.05, 3.63) is 18.2 Å². The lowest BCUT2D eigenvalue weighted by atomic mass is 10.1. The molecule has 1 aliphatic heterocycles. The van der Waals surface area contributed by atoms with Crippen LogP contribution in [-0.2, 0) is 4.74 Å². The van der Waals surface area contributed by atoms with Gasteiger partial charge in [-0.25, -0.2) is 0 Å². The van der Waals surface area contributed by atoms with Gasteiger partial charge in [0.05, 0.1) is 5.69 Å². The van der Waals surface area contributed by atoms with Crippen LogP contribution >= 0.6 is 0 Å². The molecule has 0 amide bonds. The molecule has 1 aliphatic rings. The maximum absolute atomic E-state index is 5.93. The van der Waals surface area contributed by atoms with Crippen LogP contribution in [0.4, 0.5) is 11.4 Å². The first kappa shape index (κ1) is 13.7. The molecule has 0 saturated heterocycles. The first-order valence-corrected chi connectivity index (χ1v) is 6.61. The monoisotopic (exact) mass is 263 g/mol. The first-order valence-electron chi connectivity index (χ1n) is 6.61. The molecule has 0 saturated carbocycles. The second kappa shape index (κ2) is 6.43. The Hall–Kier alpha value is -1.75. The van der Waals surface area contributed by atoms with E-state index >= 15 is 0 Å². The van der Waals surface area contributed by atoms with Gasteiger partial charge in [0, 0.05) is 25.9 Å². The van der Waals surface area contributed by atoms with Crippen LogP contribution in [0.15, 0.2) is 23.2 Å². The molecule has 3 N–H and O–H groups in total. The number of anilines is 2. The average Bonchev–Trinajstić information content (AvgIpc) is 2.42. The zero-order valence-corrected chi connectivity index (χ0v) is 11.5. The summed E-state index contributed by atoms with van der Waals surface area (Å²) in [5, 5.41) is 3.32. The molecule has 1 atom stereocenters. The summed E-state index contributed by atoms with van der Waals surface area (Å²) in [7, 11) is 1.70. The van der Waals surface area contributed by atoms with E-state index in [0.29, 0.717) is 5.69 Å². The summed E-state index contributed by atoms with van der Waals surface area (Å²) < 4.78 is 10.9. The van der Waals surface area contributed by atoms with Gasteiger partial charge in [0.1, 0.15) is 11.6 Å². The van der Waals surface area contributed by atoms with Crippen molar-refractivity contribution in [3.8, 4) is 5.75 Å². The van der Waals surface area contributed by atoms with Crippen molar-refractivity contribution < 1.29 is 9.47 Å². The molecule has 0 spiro atoms. The van der Waals surface area contributed by atoms with Crippen LogP contribution < -0.4 is 15.8 Å². The molecule has 1 heterocycles. The van der Waals surface area contributed by atoms with Crippen molar-refractivity contribution in [1.82, 2.24) is 0 Å². The van der Waals surface area contributed by atoms with Crippen molar-refractivity contribution in [2.45, 2.75) is 25.9 Å². The molecule has 2 rings (SSSR count). The van der Waals surface area contributed by atoms with E-state index in [0.717, 1.165) is 43.3 Å². The average molecular weight is 263 g/mol. The summed E-state index contributed by atoms with van der Waals surface area (Å²) in [4.78, 5) is 4.56. The maximum Gasteiger partial charge on any atom is 0.155 e. The Balaban J connectivity index is 2.11. The normalized spacial score (nSPS) is 19.7. The van der Waals surface area contributed by atoms with Crippen LogP contribution in [0.3, 0.4) is 0 Å². The van der Waals surface area contributed by atoms with Gasteiger partial charge in [0.2, 0.25) is 0 Å². The van der Waals surface area contributed by atoms with Crippen molar-refractivity contribution >= 4 is 17.2 Å². The number of hydrogen-bond acceptors (Lipinski definition) is 4. The molecule has 1 aromatic carbocycles. The fraction of sp³-hybridized carbons (Fsp3) is 0.500. The molecule has 104 valence electrons. The number of rotatable bonds is 5. The van der Waals surface area contributed by atoms with Crippen molar-refractivity contribution in [1.29, 1.82) is 0 Å². The lowest BCUT2D eigenvalue weighted by Gasteiger charge is -2.28. The summed E-state index contributed by atoms with van der Waals surface area (Å²) in [6, 6.07) is 5.60. The summed E-state index contributed by atoms with van der Waals surface area (Å²) in [6.45, 7) is 3.53. The van der Waals surface area contributed by atoms with Crippen LogP contribution in [-0.4, -0.2) is 32.2 Å². The van der Waals surface area contributed by atoms with E-state index < -0.39 is 0 Å². The minimum Gasteiger partial charge on any atom is -0.480 e. The van der Waals surface area contributed by atoms with E-state index in [1.165, 1.54) is 0 Å². The number of nitrogen functional groups attached to an aromatic ring is 1. The number of ether oxygens (including phenoxy) is 2. The van der Waals surface area contributed by atoms with Crippen LogP contribution in [0, 0.1) is 0 Å². The Bertz CT molecular complexity index is 460. The largest absolute Gasteiger partial charge is 0.480 e. The van der Waals surface area contributed by atoms with Crippen molar-refractivity contribution in [3.63, 3.8) is 0 Å². The molecule has 1 aromatic rings. The van der Waals surface area contributed by atoms with Gasteiger partial charge < -0.3 is 20.5 Å². The Kier molecular flexibility index (Phi) is 4.63. The SMILES string of the molecule is CCC1Oc2ccc(N)cc2NC1=NCCCOC. The molecule has 0 bridgehead atoms. The van der Waals surface area contributed by atoms with E-state index in [4.69, 9.17) is 15.2 Å². The second-order valence-corrected chi connectivity index (χ2v) is 4.51. The molecule has 0 fully saturated rings. The quantitative estimate of drug-likeness (QED) is 0.631. The fourth-order valence-corrected chi connectivity index (χ4v) is 2.00. The third kappa shape index (κ3) is 3.38. The molecular formula is C14H21N3O2. The Labute approximate surface area is 113 Å². The van der Waals surface area contributed by atoms with E-state index in [1.54, 1.807) is 7.11 Å². The standard InChI is InChI=1S/C14H21N3O2/c1-3-12-14(16-7-4-8-18-2)17-11-9-10(15)5-6-13(11)19-12/h5-6,9,12H,3-4,7-8,15H2,1-2H3,(H,16,17). The highest BCUT2D eigenvalue weighted by Gasteiger charge is 2.24. The van der Waals surface area contributed by atoms with E-state index in [-0.39, 0.29) is 6.10 Å². The fourth-order valence-electron chi connectivity index (χ4n) is 2.00. The highest BCUT2D eigenvalue weighted by Crippen LogP contribution is 2.32. The molecule has 5 heteroatoms. The molecule has 0 aromatic heterocycles. The molecule has 0 radical (unpaired) electrons. The third-order valence-corrected chi connectivity index (χ3v) is 3.00. The van der Waals surface area contributed by atoms with Gasteiger partial charge in [-0.2, -0.15) is 0 Å². The Morgan fingerprint density at radius 2 is 2.32 bits per heavy atom. The van der Waals surface area contributed by atoms with Gasteiger partial charge in [-0.3, -0.25) is 4.99 Å². The summed E-state index contributed by atoms with van der Waals surface area (Å²) in [5.41, 5.74) is 7.38. The van der Waals surface area contributed by atoms with E-state index in [1.807, 2.05) is 18.2 Å². The van der Waals surface area contributed by atoms with Gasteiger partial charge in [-0.15, -0.1) is 0 Å². The van der Waals surface area contributed by atoms with Crippen LogP contribution in [0.2, 0.25) is 0 Å². The molecule has 5 nitrogen and oxygen atoms in total. The minimum atomic E-state index is -0.0151. The molecule has 1 unspecified atom stereocenters. The topological polar surface area (TPSA) is 68.9 Å². The predicted octanol–water partition coefficient (Wildman–Crippen LogP) is 2.29. The predicted molar refractivity (Wildman–Crippen MR) is 78.0 cm³/mol. The van der Waals surface area contributed by atoms with Gasteiger partial charge in [-0.1, -0.05) is 6.92 Å². The third-order valence-electron chi connectivity index (χ3n) is 3.00. The number of aliphatic imine (C=N–C) groups is 1. The van der Waals surface area contributed by atoms with Gasteiger partial charge in [0.25, 0.3) is 0 Å². The van der Waals surface area contributed by atoms with Crippen molar-refractivity contribution in [2.24, 2.45) is 4.99 Å². The molecular weight excluding hydrogens is 242 g/mol. The van der Waals surface area contributed by atoms with Crippen molar-refractivity contribution in [2.75, 3.05) is 31.3 Å². The van der Waals surface area contributed by atoms with E-state index in [2.05, 4.69) is 17.2 Å². The summed E-state index contributed by atoms with van der Waals surface area (Å²) >= 11 is 0. The maximum atomic E-state index is 5.93. The summed E-state index contributed by atoms with van der Waals surface area (Å²) in [5.74, 6) is 1.70. The smallest absolute Gasteiger partial charge is 0.155 e. The number of hydrogen-bond donors (Lipinski definition) is 2. The number of nitrogens with two attached hydrogens (primary N) is 1. The number of methoxy groups -OCH3 is 1. The highest BCUT2D eigenvalue weighted by molar-refractivity contribution is 6.02. The zero-order valence-electron chi connectivity index (χ0n) is 11.5. The second-order valence-electron chi connectivity index (χ2n) is 4.51. The van der Waals surface area contributed by atoms with Crippen LogP contribution in [0.1, 0.15) is 19.8 Å². The Morgan fingerprint density at radius 1 is 1.47 bits per heavy atom. The zero-order chi connectivity index (χ0) is 13.7. The van der Waals surface area contributed by atoms with Gasteiger partial charge >= 0.3 is 0 Å². The van der Waals surface area contributed by atoms with Gasteiger partial charge in [-0.05, 0) is 31.0 Å². The molecule has 19 heavy (non-hydrogen) atoms. The lowest BCUT2D eigenvalue weighted by molar-refractivity contribution is 0.196. The van der Waals surface area contributed by atoms with Gasteiger partial charge in [0.15, 0.2) is 6.10 Å². The molecule has 0 aliphatic carbocycles. The minimum absolute atomic E-state index is 0.0151. The number of amidine groups is 1. The number of benzene rings is 1. The van der Waals surface area contributed by atoms with Crippen LogP contribution in [0.5, 0.6) is 5.75 Å². The first-order chi connectivity index (χ1) is 9.24. The Morgan fingerprint density at radius 3 is 3.05 bits per heavy atom. The summed E-state index contributed by atoms with van der Waals surface area (Å²) in [6.07, 6.45) is 1.76. The number of nitrogens with zero attached hydrogens (tertiary/aromatic N) is 1. The van der Waals surface area contributed by atoms with Crippen LogP contribution in [0.25, 0.3) is 0 Å². The van der Waals surface area contributed by atoms with E-state index in [9.17, 15) is 0 Å². The highest BCUT2D eigenvalue weighted by atomic mass is 16.5. The number of fused-ring (bicyclic) bond motifs is 1. The lowest BCUT2D eigenvalue weighted by Crippen LogP contribution is -2.37.